The number of nitrogens with zero attached hydrogens (tertiary/aromatic N) is 2. The number of benzene rings is 1. The highest BCUT2D eigenvalue weighted by molar-refractivity contribution is 5.77. The smallest absolute Gasteiger partial charge is 0.317 e. The number of likely N-dealkylation sites (tertiary alicyclic amines) is 1. The predicted octanol–water partition coefficient (Wildman–Crippen LogP) is 1.50. The second-order valence-electron chi connectivity index (χ2n) is 9.99. The van der Waals surface area contributed by atoms with Crippen LogP contribution < -0.4 is 10.6 Å². The Labute approximate surface area is 208 Å². The van der Waals surface area contributed by atoms with Crippen molar-refractivity contribution >= 4 is 11.9 Å². The molecule has 0 bridgehead atoms. The van der Waals surface area contributed by atoms with Crippen molar-refractivity contribution in [2.75, 3.05) is 39.4 Å². The Morgan fingerprint density at radius 2 is 1.94 bits per heavy atom. The van der Waals surface area contributed by atoms with Crippen molar-refractivity contribution in [3.63, 3.8) is 0 Å². The van der Waals surface area contributed by atoms with Crippen molar-refractivity contribution in [3.05, 3.63) is 35.9 Å². The Hall–Kier alpha value is -2.20. The van der Waals surface area contributed by atoms with Crippen LogP contribution in [0.2, 0.25) is 0 Å². The minimum atomic E-state index is -0.723. The number of ether oxygens (including phenoxy) is 2. The van der Waals surface area contributed by atoms with Gasteiger partial charge in [0.1, 0.15) is 6.10 Å². The van der Waals surface area contributed by atoms with Crippen molar-refractivity contribution in [1.29, 1.82) is 0 Å². The van der Waals surface area contributed by atoms with E-state index in [1.807, 2.05) is 13.0 Å². The van der Waals surface area contributed by atoms with Crippen molar-refractivity contribution < 1.29 is 24.2 Å². The van der Waals surface area contributed by atoms with E-state index in [1.54, 1.807) is 4.90 Å². The molecule has 9 heteroatoms. The van der Waals surface area contributed by atoms with Crippen molar-refractivity contribution in [1.82, 2.24) is 20.4 Å². The number of fused-ring (bicyclic) bond motifs is 1. The van der Waals surface area contributed by atoms with Crippen LogP contribution in [0, 0.1) is 0 Å². The molecule has 0 saturated carbocycles. The molecule has 3 aliphatic rings. The highest BCUT2D eigenvalue weighted by Gasteiger charge is 2.40. The van der Waals surface area contributed by atoms with Crippen LogP contribution in [0.25, 0.3) is 0 Å². The lowest BCUT2D eigenvalue weighted by molar-refractivity contribution is -0.150. The monoisotopic (exact) mass is 488 g/mol. The van der Waals surface area contributed by atoms with E-state index in [1.165, 1.54) is 5.56 Å². The molecule has 5 atom stereocenters. The lowest BCUT2D eigenvalue weighted by Crippen LogP contribution is -2.59. The molecule has 194 valence electrons. The molecule has 0 aliphatic carbocycles. The van der Waals surface area contributed by atoms with Crippen molar-refractivity contribution in [2.45, 2.75) is 76.0 Å². The third kappa shape index (κ3) is 7.39. The Balaban J connectivity index is 1.26. The number of nitrogens with one attached hydrogen (secondary N) is 2. The van der Waals surface area contributed by atoms with Crippen molar-refractivity contribution in [2.24, 2.45) is 0 Å². The summed E-state index contributed by atoms with van der Waals surface area (Å²) in [6, 6.07) is 10.2. The van der Waals surface area contributed by atoms with Crippen LogP contribution >= 0.6 is 0 Å². The summed E-state index contributed by atoms with van der Waals surface area (Å²) in [5.41, 5.74) is 1.29. The zero-order valence-corrected chi connectivity index (χ0v) is 20.7. The number of rotatable bonds is 7. The minimum Gasteiger partial charge on any atom is -0.389 e. The van der Waals surface area contributed by atoms with E-state index in [0.717, 1.165) is 32.5 Å². The number of aliphatic hydroxyl groups is 1. The van der Waals surface area contributed by atoms with Gasteiger partial charge in [-0.2, -0.15) is 0 Å². The number of hydrogen-bond acceptors (Lipinski definition) is 6. The predicted molar refractivity (Wildman–Crippen MR) is 132 cm³/mol. The van der Waals surface area contributed by atoms with Crippen LogP contribution in [0.1, 0.15) is 44.6 Å². The van der Waals surface area contributed by atoms with Gasteiger partial charge in [-0.25, -0.2) is 4.79 Å². The molecule has 3 N–H and O–H groups in total. The molecule has 4 rings (SSSR count). The second-order valence-corrected chi connectivity index (χ2v) is 9.99. The van der Waals surface area contributed by atoms with Crippen LogP contribution in [0.15, 0.2) is 30.3 Å². The number of urea groups is 1. The largest absolute Gasteiger partial charge is 0.389 e. The van der Waals surface area contributed by atoms with Gasteiger partial charge in [0.15, 0.2) is 0 Å². The standard InChI is InChI=1S/C26H40N4O5/c1-2-11-27-26(33)30-16-21(31)17-34-18-24-23(30)9-8-22(35-24)13-25(32)28-20-10-12-29(15-20)14-19-6-4-3-5-7-19/h3-7,20-24,31H,2,8-18H2,1H3,(H,27,33)(H,28,32)/t20-,21-,22-,23-,24+/m1/s1. The number of aliphatic hydroxyl groups excluding tert-OH is 1. The highest BCUT2D eigenvalue weighted by atomic mass is 16.5. The topological polar surface area (TPSA) is 103 Å². The number of carbonyl (C=O) groups excluding carboxylic acids is 2. The number of hydrogen-bond donors (Lipinski definition) is 3. The van der Waals surface area contributed by atoms with Crippen molar-refractivity contribution in [3.8, 4) is 0 Å². The molecule has 3 amide bonds. The van der Waals surface area contributed by atoms with Crippen LogP contribution in [-0.4, -0.2) is 96.6 Å². The molecule has 0 radical (unpaired) electrons. The number of amides is 3. The van der Waals surface area contributed by atoms with Gasteiger partial charge in [-0.05, 0) is 31.2 Å². The Bertz CT molecular complexity index is 825. The molecule has 0 spiro atoms. The normalized spacial score (nSPS) is 29.7. The van der Waals surface area contributed by atoms with Crippen LogP contribution in [0.4, 0.5) is 4.79 Å². The molecule has 3 saturated heterocycles. The fraction of sp³-hybridized carbons (Fsp3) is 0.692. The summed E-state index contributed by atoms with van der Waals surface area (Å²) in [6.07, 6.45) is 2.27. The maximum Gasteiger partial charge on any atom is 0.317 e. The zero-order valence-electron chi connectivity index (χ0n) is 20.7. The van der Waals surface area contributed by atoms with Gasteiger partial charge in [0.05, 0.1) is 44.4 Å². The van der Waals surface area contributed by atoms with E-state index in [9.17, 15) is 14.7 Å². The van der Waals surface area contributed by atoms with Gasteiger partial charge in [0, 0.05) is 32.2 Å². The lowest BCUT2D eigenvalue weighted by atomic mass is 9.95. The fourth-order valence-corrected chi connectivity index (χ4v) is 5.34. The second kappa shape index (κ2) is 12.7. The summed E-state index contributed by atoms with van der Waals surface area (Å²) >= 11 is 0. The molecule has 3 fully saturated rings. The zero-order chi connectivity index (χ0) is 24.6. The maximum atomic E-state index is 12.8. The lowest BCUT2D eigenvalue weighted by Gasteiger charge is -2.44. The Morgan fingerprint density at radius 3 is 2.74 bits per heavy atom. The molecular weight excluding hydrogens is 448 g/mol. The molecule has 0 unspecified atom stereocenters. The molecule has 9 nitrogen and oxygen atoms in total. The first kappa shape index (κ1) is 25.9. The summed E-state index contributed by atoms with van der Waals surface area (Å²) < 4.78 is 11.9. The van der Waals surface area contributed by atoms with E-state index in [4.69, 9.17) is 9.47 Å². The molecular formula is C26H40N4O5. The SMILES string of the molecule is CCCNC(=O)N1C[C@@H](O)COC[C@@H]2O[C@@H](CC(=O)N[C@@H]3CCN(Cc4ccccc4)C3)CC[C@H]21. The summed E-state index contributed by atoms with van der Waals surface area (Å²) in [5, 5.41) is 16.3. The van der Waals surface area contributed by atoms with Crippen LogP contribution in [-0.2, 0) is 20.8 Å². The van der Waals surface area contributed by atoms with Crippen LogP contribution in [0.3, 0.4) is 0 Å². The third-order valence-corrected chi connectivity index (χ3v) is 7.07. The van der Waals surface area contributed by atoms with E-state index in [0.29, 0.717) is 32.4 Å². The van der Waals surface area contributed by atoms with Gasteiger partial charge >= 0.3 is 6.03 Å². The van der Waals surface area contributed by atoms with Crippen LogP contribution in [0.5, 0.6) is 0 Å². The van der Waals surface area contributed by atoms with E-state index < -0.39 is 6.10 Å². The van der Waals surface area contributed by atoms with Gasteiger partial charge < -0.3 is 30.1 Å². The van der Waals surface area contributed by atoms with E-state index in [-0.39, 0.29) is 49.4 Å². The first-order valence-corrected chi connectivity index (χ1v) is 13.0. The quantitative estimate of drug-likeness (QED) is 0.538. The minimum absolute atomic E-state index is 0.0136. The summed E-state index contributed by atoms with van der Waals surface area (Å²) in [6.45, 7) is 6.01. The molecule has 1 aromatic rings. The summed E-state index contributed by atoms with van der Waals surface area (Å²) in [7, 11) is 0. The third-order valence-electron chi connectivity index (χ3n) is 7.07. The summed E-state index contributed by atoms with van der Waals surface area (Å²) in [4.78, 5) is 29.6. The van der Waals surface area contributed by atoms with Gasteiger partial charge in [0.2, 0.25) is 5.91 Å². The highest BCUT2D eigenvalue weighted by Crippen LogP contribution is 2.28. The number of carbonyl (C=O) groups is 2. The van der Waals surface area contributed by atoms with Gasteiger partial charge in [-0.3, -0.25) is 9.69 Å². The number of β-amino-alcohol motifs (C(OH)–C–C–N with tert-alkyl or cyclic N) is 1. The van der Waals surface area contributed by atoms with Gasteiger partial charge in [-0.1, -0.05) is 37.3 Å². The Kier molecular flexibility index (Phi) is 9.37. The summed E-state index contributed by atoms with van der Waals surface area (Å²) in [5.74, 6) is 0.0136. The molecule has 0 aromatic heterocycles. The average molecular weight is 489 g/mol. The molecule has 3 heterocycles. The van der Waals surface area contributed by atoms with Gasteiger partial charge in [0.25, 0.3) is 0 Å². The van der Waals surface area contributed by atoms with Gasteiger partial charge in [-0.15, -0.1) is 0 Å². The molecule has 3 aliphatic heterocycles. The first-order chi connectivity index (χ1) is 17.0. The molecule has 1 aromatic carbocycles. The average Bonchev–Trinajstić information content (AvgIpc) is 3.27. The first-order valence-electron chi connectivity index (χ1n) is 13.0. The van der Waals surface area contributed by atoms with E-state index in [2.05, 4.69) is 39.8 Å². The maximum absolute atomic E-state index is 12.8. The fourth-order valence-electron chi connectivity index (χ4n) is 5.34. The van der Waals surface area contributed by atoms with E-state index >= 15 is 0 Å². The Morgan fingerprint density at radius 1 is 1.11 bits per heavy atom. The molecule has 35 heavy (non-hydrogen) atoms.